The predicted octanol–water partition coefficient (Wildman–Crippen LogP) is -0.172. The third kappa shape index (κ3) is 2.55. The zero-order valence-electron chi connectivity index (χ0n) is 6.78. The Labute approximate surface area is 78.4 Å². The summed E-state index contributed by atoms with van der Waals surface area (Å²) in [5, 5.41) is -0.493. The Kier molecular flexibility index (Phi) is 2.68. The molecule has 0 radical (unpaired) electrons. The first-order chi connectivity index (χ1) is 6.21. The second kappa shape index (κ2) is 3.35. The lowest BCUT2D eigenvalue weighted by molar-refractivity contribution is -0.137. The molecular weight excluding hydrogens is 217 g/mol. The summed E-state index contributed by atoms with van der Waals surface area (Å²) in [6, 6.07) is 3.33. The van der Waals surface area contributed by atoms with E-state index in [1.807, 2.05) is 0 Å². The molecule has 1 aromatic rings. The van der Waals surface area contributed by atoms with Gasteiger partial charge in [-0.1, -0.05) is 18.2 Å². The standard InChI is InChI=1S/C7H7F3O3Si/c8-7(9,10)5-2-1-3-6(4-5)14(11,12)13/h1-4,11-13H. The molecule has 0 aliphatic carbocycles. The number of rotatable bonds is 1. The summed E-state index contributed by atoms with van der Waals surface area (Å²) in [4.78, 5) is 26.3. The lowest BCUT2D eigenvalue weighted by Gasteiger charge is -2.12. The van der Waals surface area contributed by atoms with Crippen LogP contribution < -0.4 is 5.19 Å². The number of benzene rings is 1. The summed E-state index contributed by atoms with van der Waals surface area (Å²) in [5.41, 5.74) is -1.02. The van der Waals surface area contributed by atoms with Crippen LogP contribution in [0.5, 0.6) is 0 Å². The minimum atomic E-state index is -4.64. The molecule has 7 heteroatoms. The van der Waals surface area contributed by atoms with Crippen LogP contribution in [0, 0.1) is 0 Å². The Morgan fingerprint density at radius 3 is 2.07 bits per heavy atom. The average Bonchev–Trinajstić information content (AvgIpc) is 2.01. The Balaban J connectivity index is 3.15. The van der Waals surface area contributed by atoms with Gasteiger partial charge in [-0.15, -0.1) is 0 Å². The van der Waals surface area contributed by atoms with Gasteiger partial charge in [-0.3, -0.25) is 0 Å². The highest BCUT2D eigenvalue weighted by atomic mass is 28.4. The van der Waals surface area contributed by atoms with E-state index < -0.39 is 25.7 Å². The molecule has 0 heterocycles. The van der Waals surface area contributed by atoms with Gasteiger partial charge in [0.25, 0.3) is 0 Å². The van der Waals surface area contributed by atoms with Crippen molar-refractivity contribution in [2.45, 2.75) is 6.18 Å². The van der Waals surface area contributed by atoms with Gasteiger partial charge in [-0.2, -0.15) is 13.2 Å². The minimum absolute atomic E-state index is 0.493. The molecule has 3 nitrogen and oxygen atoms in total. The molecule has 0 aliphatic heterocycles. The highest BCUT2D eigenvalue weighted by Gasteiger charge is 2.35. The molecule has 0 fully saturated rings. The van der Waals surface area contributed by atoms with Gasteiger partial charge in [0.05, 0.1) is 5.56 Å². The number of hydrogen-bond donors (Lipinski definition) is 3. The average molecular weight is 224 g/mol. The Morgan fingerprint density at radius 2 is 1.64 bits per heavy atom. The van der Waals surface area contributed by atoms with Crippen molar-refractivity contribution < 1.29 is 27.6 Å². The molecule has 0 aromatic heterocycles. The lowest BCUT2D eigenvalue weighted by atomic mass is 10.2. The second-order valence-electron chi connectivity index (χ2n) is 2.71. The molecule has 3 N–H and O–H groups in total. The van der Waals surface area contributed by atoms with E-state index in [1.165, 1.54) is 0 Å². The first kappa shape index (κ1) is 11.2. The summed E-state index contributed by atoms with van der Waals surface area (Å²) in [5.74, 6) is 0. The zero-order valence-corrected chi connectivity index (χ0v) is 7.78. The van der Waals surface area contributed by atoms with Gasteiger partial charge in [0, 0.05) is 5.19 Å². The van der Waals surface area contributed by atoms with Crippen LogP contribution in [0.1, 0.15) is 5.56 Å². The quantitative estimate of drug-likeness (QED) is 0.580. The topological polar surface area (TPSA) is 60.7 Å². The van der Waals surface area contributed by atoms with E-state index in [-0.39, 0.29) is 0 Å². The molecule has 0 atom stereocenters. The Morgan fingerprint density at radius 1 is 1.07 bits per heavy atom. The minimum Gasteiger partial charge on any atom is -0.386 e. The summed E-state index contributed by atoms with van der Waals surface area (Å²) in [7, 11) is -4.64. The third-order valence-corrected chi connectivity index (χ3v) is 2.66. The van der Waals surface area contributed by atoms with Crippen molar-refractivity contribution >= 4 is 14.0 Å². The van der Waals surface area contributed by atoms with Crippen LogP contribution in [0.2, 0.25) is 0 Å². The van der Waals surface area contributed by atoms with Crippen molar-refractivity contribution in [1.29, 1.82) is 0 Å². The summed E-state index contributed by atoms with van der Waals surface area (Å²) < 4.78 is 36.4. The number of halogens is 3. The van der Waals surface area contributed by atoms with Crippen LogP contribution in [-0.2, 0) is 6.18 Å². The second-order valence-corrected chi connectivity index (χ2v) is 4.56. The van der Waals surface area contributed by atoms with Gasteiger partial charge < -0.3 is 14.4 Å². The molecular formula is C7H7F3O3Si. The monoisotopic (exact) mass is 224 g/mol. The van der Waals surface area contributed by atoms with Crippen molar-refractivity contribution in [3.8, 4) is 0 Å². The first-order valence-corrected chi connectivity index (χ1v) is 5.40. The van der Waals surface area contributed by atoms with E-state index in [0.717, 1.165) is 18.2 Å². The number of alkyl halides is 3. The maximum Gasteiger partial charge on any atom is 0.529 e. The van der Waals surface area contributed by atoms with E-state index in [9.17, 15) is 13.2 Å². The van der Waals surface area contributed by atoms with Crippen molar-refractivity contribution in [2.75, 3.05) is 0 Å². The molecule has 0 spiro atoms. The molecule has 0 amide bonds. The Bertz CT molecular complexity index is 302. The molecule has 78 valence electrons. The van der Waals surface area contributed by atoms with Crippen LogP contribution in [0.25, 0.3) is 0 Å². The fourth-order valence-electron chi connectivity index (χ4n) is 0.904. The van der Waals surface area contributed by atoms with E-state index in [1.54, 1.807) is 0 Å². The van der Waals surface area contributed by atoms with Crippen LogP contribution >= 0.6 is 0 Å². The van der Waals surface area contributed by atoms with E-state index in [2.05, 4.69) is 0 Å². The highest BCUT2D eigenvalue weighted by molar-refractivity contribution is 6.71. The van der Waals surface area contributed by atoms with Gasteiger partial charge in [-0.25, -0.2) is 0 Å². The van der Waals surface area contributed by atoms with Crippen LogP contribution in [0.3, 0.4) is 0 Å². The lowest BCUT2D eigenvalue weighted by Crippen LogP contribution is -2.49. The molecule has 1 aromatic carbocycles. The molecule has 1 rings (SSSR count). The Hall–Kier alpha value is -0.893. The van der Waals surface area contributed by atoms with Crippen molar-refractivity contribution in [3.63, 3.8) is 0 Å². The smallest absolute Gasteiger partial charge is 0.386 e. The highest BCUT2D eigenvalue weighted by Crippen LogP contribution is 2.28. The molecule has 0 bridgehead atoms. The van der Waals surface area contributed by atoms with Gasteiger partial charge in [0.2, 0.25) is 0 Å². The summed E-state index contributed by atoms with van der Waals surface area (Å²) in [6.07, 6.45) is -4.56. The van der Waals surface area contributed by atoms with Crippen LogP contribution in [-0.4, -0.2) is 23.2 Å². The molecule has 0 aliphatic rings. The molecule has 0 saturated carbocycles. The normalized spacial score (nSPS) is 13.0. The first-order valence-electron chi connectivity index (χ1n) is 3.56. The molecule has 14 heavy (non-hydrogen) atoms. The third-order valence-electron chi connectivity index (χ3n) is 1.58. The SMILES string of the molecule is O[Si](O)(O)c1cccc(C(F)(F)F)c1. The fraction of sp³-hybridized carbons (Fsp3) is 0.143. The van der Waals surface area contributed by atoms with Crippen molar-refractivity contribution in [3.05, 3.63) is 29.8 Å². The predicted molar refractivity (Wildman–Crippen MR) is 43.5 cm³/mol. The van der Waals surface area contributed by atoms with Gasteiger partial charge >= 0.3 is 15.0 Å². The van der Waals surface area contributed by atoms with Crippen LogP contribution in [0.4, 0.5) is 13.2 Å². The number of hydrogen-bond acceptors (Lipinski definition) is 3. The van der Waals surface area contributed by atoms with Gasteiger partial charge in [0.15, 0.2) is 0 Å². The summed E-state index contributed by atoms with van der Waals surface area (Å²) in [6.45, 7) is 0. The maximum absolute atomic E-state index is 12.1. The molecule has 0 saturated heterocycles. The van der Waals surface area contributed by atoms with Gasteiger partial charge in [-0.05, 0) is 6.07 Å². The van der Waals surface area contributed by atoms with E-state index in [4.69, 9.17) is 14.4 Å². The van der Waals surface area contributed by atoms with Crippen molar-refractivity contribution in [2.24, 2.45) is 0 Å². The van der Waals surface area contributed by atoms with Gasteiger partial charge in [0.1, 0.15) is 0 Å². The van der Waals surface area contributed by atoms with E-state index in [0.29, 0.717) is 6.07 Å². The van der Waals surface area contributed by atoms with Crippen LogP contribution in [0.15, 0.2) is 24.3 Å². The van der Waals surface area contributed by atoms with Crippen molar-refractivity contribution in [1.82, 2.24) is 0 Å². The zero-order chi connectivity index (χ0) is 11.0. The molecule has 0 unspecified atom stereocenters. The van der Waals surface area contributed by atoms with E-state index >= 15 is 0 Å². The maximum atomic E-state index is 12.1. The fourth-order valence-corrected chi connectivity index (χ4v) is 1.57. The largest absolute Gasteiger partial charge is 0.529 e. The summed E-state index contributed by atoms with van der Waals surface area (Å²) >= 11 is 0.